The summed E-state index contributed by atoms with van der Waals surface area (Å²) >= 11 is 0. The molecule has 0 radical (unpaired) electrons. The van der Waals surface area contributed by atoms with Crippen molar-refractivity contribution in [1.82, 2.24) is 0 Å². The van der Waals surface area contributed by atoms with Gasteiger partial charge in [0.2, 0.25) is 0 Å². The summed E-state index contributed by atoms with van der Waals surface area (Å²) in [4.78, 5) is 0. The summed E-state index contributed by atoms with van der Waals surface area (Å²) < 4.78 is 0. The molecule has 2 rings (SSSR count). The van der Waals surface area contributed by atoms with Gasteiger partial charge in [0, 0.05) is 0 Å². The second-order valence-electron chi connectivity index (χ2n) is 4.63. The monoisotopic (exact) mass is 182 g/mol. The molecule has 0 aromatic carbocycles. The summed E-state index contributed by atoms with van der Waals surface area (Å²) in [6.45, 7) is 1.86. The normalized spacial score (nSPS) is 50.2. The van der Waals surface area contributed by atoms with E-state index in [1.807, 2.05) is 6.92 Å². The van der Waals surface area contributed by atoms with Crippen LogP contribution in [0, 0.1) is 11.8 Å². The fourth-order valence-corrected chi connectivity index (χ4v) is 2.85. The lowest BCUT2D eigenvalue weighted by molar-refractivity contribution is -0.0478. The van der Waals surface area contributed by atoms with E-state index in [1.54, 1.807) is 12.2 Å². The van der Waals surface area contributed by atoms with Crippen molar-refractivity contribution in [3.63, 3.8) is 0 Å². The van der Waals surface area contributed by atoms with Gasteiger partial charge in [0.15, 0.2) is 0 Å². The van der Waals surface area contributed by atoms with Crippen LogP contribution in [0.25, 0.3) is 0 Å². The van der Waals surface area contributed by atoms with E-state index in [4.69, 9.17) is 0 Å². The molecule has 2 heteroatoms. The van der Waals surface area contributed by atoms with Gasteiger partial charge in [0.1, 0.15) is 0 Å². The highest BCUT2D eigenvalue weighted by atomic mass is 16.3. The number of aliphatic hydroxyl groups is 2. The molecule has 74 valence electrons. The fraction of sp³-hybridized carbons (Fsp3) is 0.818. The van der Waals surface area contributed by atoms with E-state index in [9.17, 15) is 10.2 Å². The minimum absolute atomic E-state index is 0.265. The lowest BCUT2D eigenvalue weighted by Gasteiger charge is -2.44. The maximum Gasteiger partial charge on any atom is 0.0832 e. The number of aliphatic hydroxyl groups excluding tert-OH is 1. The average molecular weight is 182 g/mol. The van der Waals surface area contributed by atoms with Crippen molar-refractivity contribution in [2.75, 3.05) is 0 Å². The molecule has 2 aliphatic rings. The first-order valence-electron chi connectivity index (χ1n) is 5.21. The molecular formula is C11H18O2. The van der Waals surface area contributed by atoms with Crippen LogP contribution in [-0.2, 0) is 0 Å². The third kappa shape index (κ3) is 1.53. The summed E-state index contributed by atoms with van der Waals surface area (Å²) in [5.41, 5.74) is -0.690. The Morgan fingerprint density at radius 2 is 2.00 bits per heavy atom. The highest BCUT2D eigenvalue weighted by molar-refractivity contribution is 5.13. The van der Waals surface area contributed by atoms with Gasteiger partial charge in [0.05, 0.1) is 11.7 Å². The van der Waals surface area contributed by atoms with Crippen molar-refractivity contribution in [1.29, 1.82) is 0 Å². The second kappa shape index (κ2) is 3.10. The molecular weight excluding hydrogens is 164 g/mol. The molecule has 1 unspecified atom stereocenters. The molecule has 0 aromatic rings. The highest BCUT2D eigenvalue weighted by Gasteiger charge is 2.42. The Morgan fingerprint density at radius 1 is 1.31 bits per heavy atom. The number of rotatable bonds is 0. The Kier molecular flexibility index (Phi) is 2.20. The van der Waals surface area contributed by atoms with E-state index >= 15 is 0 Å². The van der Waals surface area contributed by atoms with Crippen molar-refractivity contribution in [2.24, 2.45) is 11.8 Å². The van der Waals surface area contributed by atoms with Gasteiger partial charge in [-0.15, -0.1) is 0 Å². The van der Waals surface area contributed by atoms with E-state index in [0.717, 1.165) is 12.8 Å². The Morgan fingerprint density at radius 3 is 2.69 bits per heavy atom. The van der Waals surface area contributed by atoms with Gasteiger partial charge >= 0.3 is 0 Å². The average Bonchev–Trinajstić information content (AvgIpc) is 2.13. The zero-order valence-corrected chi connectivity index (χ0v) is 8.11. The first-order valence-corrected chi connectivity index (χ1v) is 5.21. The second-order valence-corrected chi connectivity index (χ2v) is 4.63. The van der Waals surface area contributed by atoms with Crippen molar-refractivity contribution >= 4 is 0 Å². The number of hydrogen-bond donors (Lipinski definition) is 2. The van der Waals surface area contributed by atoms with E-state index in [-0.39, 0.29) is 17.9 Å². The van der Waals surface area contributed by atoms with E-state index in [1.165, 1.54) is 12.8 Å². The predicted molar refractivity (Wildman–Crippen MR) is 51.2 cm³/mol. The molecule has 0 amide bonds. The minimum atomic E-state index is -0.690. The van der Waals surface area contributed by atoms with Crippen LogP contribution >= 0.6 is 0 Å². The Hall–Kier alpha value is -0.340. The molecule has 0 bridgehead atoms. The van der Waals surface area contributed by atoms with Crippen LogP contribution in [0.2, 0.25) is 0 Å². The van der Waals surface area contributed by atoms with Crippen molar-refractivity contribution in [3.8, 4) is 0 Å². The molecule has 0 aromatic heterocycles. The Labute approximate surface area is 79.3 Å². The molecule has 1 fully saturated rings. The van der Waals surface area contributed by atoms with Crippen LogP contribution in [0.4, 0.5) is 0 Å². The quantitative estimate of drug-likeness (QED) is 0.557. The SMILES string of the molecule is C[C@@]1(O)C=CC(O)[C@@H]2CCCC[C@H]21. The number of hydrogen-bond acceptors (Lipinski definition) is 2. The zero-order valence-electron chi connectivity index (χ0n) is 8.11. The molecule has 13 heavy (non-hydrogen) atoms. The molecule has 4 atom stereocenters. The van der Waals surface area contributed by atoms with E-state index in [2.05, 4.69) is 0 Å². The first kappa shape index (κ1) is 9.22. The molecule has 0 heterocycles. The maximum atomic E-state index is 10.1. The zero-order chi connectivity index (χ0) is 9.47. The third-order valence-corrected chi connectivity index (χ3v) is 3.64. The summed E-state index contributed by atoms with van der Waals surface area (Å²) in [6.07, 6.45) is 7.70. The highest BCUT2D eigenvalue weighted by Crippen LogP contribution is 2.42. The predicted octanol–water partition coefficient (Wildman–Crippen LogP) is 1.47. The van der Waals surface area contributed by atoms with Crippen LogP contribution in [0.1, 0.15) is 32.6 Å². The van der Waals surface area contributed by atoms with Gasteiger partial charge in [-0.05, 0) is 31.6 Å². The smallest absolute Gasteiger partial charge is 0.0832 e. The fourth-order valence-electron chi connectivity index (χ4n) is 2.85. The topological polar surface area (TPSA) is 40.5 Å². The van der Waals surface area contributed by atoms with Gasteiger partial charge < -0.3 is 10.2 Å². The van der Waals surface area contributed by atoms with Crippen LogP contribution in [0.3, 0.4) is 0 Å². The summed E-state index contributed by atoms with van der Waals surface area (Å²) in [7, 11) is 0. The summed E-state index contributed by atoms with van der Waals surface area (Å²) in [6, 6.07) is 0. The van der Waals surface area contributed by atoms with E-state index in [0.29, 0.717) is 0 Å². The van der Waals surface area contributed by atoms with E-state index < -0.39 is 5.60 Å². The van der Waals surface area contributed by atoms with Gasteiger partial charge in [0.25, 0.3) is 0 Å². The minimum Gasteiger partial charge on any atom is -0.389 e. The van der Waals surface area contributed by atoms with Gasteiger partial charge in [-0.3, -0.25) is 0 Å². The van der Waals surface area contributed by atoms with Crippen LogP contribution in [0.15, 0.2) is 12.2 Å². The van der Waals surface area contributed by atoms with Gasteiger partial charge in [-0.25, -0.2) is 0 Å². The first-order chi connectivity index (χ1) is 6.11. The molecule has 1 saturated carbocycles. The summed E-state index contributed by atoms with van der Waals surface area (Å²) in [5.74, 6) is 0.551. The van der Waals surface area contributed by atoms with Gasteiger partial charge in [-0.1, -0.05) is 25.0 Å². The summed E-state index contributed by atoms with van der Waals surface area (Å²) in [5, 5.41) is 19.8. The third-order valence-electron chi connectivity index (χ3n) is 3.64. The van der Waals surface area contributed by atoms with Crippen LogP contribution < -0.4 is 0 Å². The maximum absolute atomic E-state index is 10.1. The van der Waals surface area contributed by atoms with Crippen molar-refractivity contribution < 1.29 is 10.2 Å². The van der Waals surface area contributed by atoms with Crippen LogP contribution in [0.5, 0.6) is 0 Å². The van der Waals surface area contributed by atoms with Crippen molar-refractivity contribution in [2.45, 2.75) is 44.3 Å². The van der Waals surface area contributed by atoms with Gasteiger partial charge in [-0.2, -0.15) is 0 Å². The standard InChI is InChI=1S/C11H18O2/c1-11(13)7-6-10(12)8-4-2-3-5-9(8)11/h6-10,12-13H,2-5H2,1H3/t8-,9-,10?,11-/m1/s1. The number of fused-ring (bicyclic) bond motifs is 1. The molecule has 2 nitrogen and oxygen atoms in total. The largest absolute Gasteiger partial charge is 0.389 e. The lowest BCUT2D eigenvalue weighted by Crippen LogP contribution is -2.46. The molecule has 0 spiro atoms. The Bertz CT molecular complexity index is 220. The molecule has 0 aliphatic heterocycles. The Balaban J connectivity index is 2.24. The van der Waals surface area contributed by atoms with Crippen molar-refractivity contribution in [3.05, 3.63) is 12.2 Å². The lowest BCUT2D eigenvalue weighted by atomic mass is 9.65. The molecule has 0 saturated heterocycles. The molecule has 2 N–H and O–H groups in total. The van der Waals surface area contributed by atoms with Crippen LogP contribution in [-0.4, -0.2) is 21.9 Å². The molecule has 2 aliphatic carbocycles.